The van der Waals surface area contributed by atoms with Gasteiger partial charge < -0.3 is 10.2 Å². The molecule has 3 aromatic carbocycles. The first-order chi connectivity index (χ1) is 20.2. The number of amides is 1. The van der Waals surface area contributed by atoms with Gasteiger partial charge in [-0.1, -0.05) is 60.7 Å². The van der Waals surface area contributed by atoms with Gasteiger partial charge in [0.2, 0.25) is 15.9 Å². The van der Waals surface area contributed by atoms with Gasteiger partial charge in [-0.15, -0.1) is 0 Å². The highest BCUT2D eigenvalue weighted by Crippen LogP contribution is 2.28. The summed E-state index contributed by atoms with van der Waals surface area (Å²) < 4.78 is 27.5. The van der Waals surface area contributed by atoms with E-state index in [2.05, 4.69) is 20.9 Å². The topological polar surface area (TPSA) is 146 Å². The number of hydrogen-bond acceptors (Lipinski definition) is 8. The van der Waals surface area contributed by atoms with Crippen LogP contribution in [0.3, 0.4) is 0 Å². The van der Waals surface area contributed by atoms with Gasteiger partial charge in [-0.2, -0.15) is 11.8 Å². The van der Waals surface area contributed by atoms with Crippen LogP contribution in [0.4, 0.5) is 11.4 Å². The van der Waals surface area contributed by atoms with Gasteiger partial charge in [-0.3, -0.25) is 25.8 Å². The predicted molar refractivity (Wildman–Crippen MR) is 169 cm³/mol. The average Bonchev–Trinajstić information content (AvgIpc) is 3.50. The quantitative estimate of drug-likeness (QED) is 0.101. The van der Waals surface area contributed by atoms with Crippen LogP contribution in [0.25, 0.3) is 0 Å². The minimum absolute atomic E-state index is 0.0267. The summed E-state index contributed by atoms with van der Waals surface area (Å²) in [6, 6.07) is 22.1. The predicted octanol–water partition coefficient (Wildman–Crippen LogP) is 3.81. The third kappa shape index (κ3) is 7.76. The van der Waals surface area contributed by atoms with E-state index in [0.29, 0.717) is 18.7 Å². The number of nitro benzene ring substituents is 1. The number of nitro groups is 1. The smallest absolute Gasteiger partial charge is 0.295 e. The summed E-state index contributed by atoms with van der Waals surface area (Å²) in [5.74, 6) is 0.376. The molecule has 0 bridgehead atoms. The first kappa shape index (κ1) is 31.2. The molecule has 0 saturated carbocycles. The minimum Gasteiger partial charge on any atom is -0.343 e. The van der Waals surface area contributed by atoms with E-state index in [0.717, 1.165) is 23.6 Å². The summed E-state index contributed by atoms with van der Waals surface area (Å²) in [4.78, 5) is 26.2. The summed E-state index contributed by atoms with van der Waals surface area (Å²) in [6.07, 6.45) is 3.16. The van der Waals surface area contributed by atoms with Gasteiger partial charge in [0.25, 0.3) is 5.69 Å². The molecule has 222 valence electrons. The Labute approximate surface area is 254 Å². The van der Waals surface area contributed by atoms with Crippen LogP contribution in [0.1, 0.15) is 30.0 Å². The van der Waals surface area contributed by atoms with Gasteiger partial charge in [0.1, 0.15) is 11.7 Å². The first-order valence-corrected chi connectivity index (χ1v) is 16.5. The van der Waals surface area contributed by atoms with Crippen LogP contribution in [0, 0.1) is 10.1 Å². The van der Waals surface area contributed by atoms with Crippen molar-refractivity contribution in [2.75, 3.05) is 30.5 Å². The summed E-state index contributed by atoms with van der Waals surface area (Å²) >= 11 is 7.03. The van der Waals surface area contributed by atoms with Gasteiger partial charge in [0.05, 0.1) is 15.9 Å². The van der Waals surface area contributed by atoms with Crippen LogP contribution < -0.4 is 20.9 Å². The SMILES string of the molecule is CSCCNS(=O)(=O)c1ccc(NNC(=S)N2CCC[C@@H]2C(=O)NC(c2ccccc2)c2ccccc2)c([N+](=O)[O-])c1. The van der Waals surface area contributed by atoms with Crippen molar-refractivity contribution in [3.63, 3.8) is 0 Å². The summed E-state index contributed by atoms with van der Waals surface area (Å²) in [5, 5.41) is 15.1. The number of carbonyl (C=O) groups excluding carboxylic acids is 1. The highest BCUT2D eigenvalue weighted by Gasteiger charge is 2.34. The lowest BCUT2D eigenvalue weighted by Gasteiger charge is -2.29. The molecule has 1 fully saturated rings. The Hall–Kier alpha value is -3.72. The van der Waals surface area contributed by atoms with Crippen LogP contribution >= 0.6 is 24.0 Å². The molecule has 14 heteroatoms. The van der Waals surface area contributed by atoms with Crippen molar-refractivity contribution in [2.24, 2.45) is 0 Å². The van der Waals surface area contributed by atoms with E-state index in [-0.39, 0.29) is 34.2 Å². The van der Waals surface area contributed by atoms with Crippen LogP contribution in [-0.2, 0) is 14.8 Å². The molecule has 42 heavy (non-hydrogen) atoms. The molecule has 0 unspecified atom stereocenters. The second-order valence-electron chi connectivity index (χ2n) is 9.50. The molecule has 11 nitrogen and oxygen atoms in total. The Bertz CT molecular complexity index is 1470. The van der Waals surface area contributed by atoms with Crippen molar-refractivity contribution < 1.29 is 18.1 Å². The van der Waals surface area contributed by atoms with Gasteiger partial charge in [-0.25, -0.2) is 13.1 Å². The first-order valence-electron chi connectivity index (χ1n) is 13.2. The van der Waals surface area contributed by atoms with Crippen LogP contribution in [0.2, 0.25) is 0 Å². The molecule has 4 rings (SSSR count). The van der Waals surface area contributed by atoms with Crippen molar-refractivity contribution in [1.82, 2.24) is 20.4 Å². The van der Waals surface area contributed by atoms with Gasteiger partial charge in [-0.05, 0) is 54.6 Å². The molecular formula is C28H32N6O5S3. The second-order valence-corrected chi connectivity index (χ2v) is 12.6. The molecular weight excluding hydrogens is 597 g/mol. The number of benzene rings is 3. The van der Waals surface area contributed by atoms with Gasteiger partial charge in [0.15, 0.2) is 5.11 Å². The number of thiocarbonyl (C=S) groups is 1. The number of carbonyl (C=O) groups is 1. The number of nitrogens with zero attached hydrogens (tertiary/aromatic N) is 2. The van der Waals surface area contributed by atoms with E-state index in [9.17, 15) is 23.3 Å². The van der Waals surface area contributed by atoms with Crippen molar-refractivity contribution in [1.29, 1.82) is 0 Å². The standard InChI is InChI=1S/C28H32N6O5S3/c1-41-18-16-29-42(38,39)22-14-15-23(25(19-22)34(36)37)31-32-28(40)33-17-8-13-24(33)27(35)30-26(20-9-4-2-5-10-20)21-11-6-3-7-12-21/h2-7,9-12,14-15,19,24,26,29,31H,8,13,16-18H2,1H3,(H,30,35)(H,32,40)/t24-/m1/s1. The van der Waals surface area contributed by atoms with Crippen molar-refractivity contribution >= 4 is 56.4 Å². The zero-order valence-electron chi connectivity index (χ0n) is 22.9. The largest absolute Gasteiger partial charge is 0.343 e. The minimum atomic E-state index is -3.91. The molecule has 3 aromatic rings. The molecule has 4 N–H and O–H groups in total. The van der Waals surface area contributed by atoms with Crippen molar-refractivity contribution in [2.45, 2.75) is 29.8 Å². The Kier molecular flexibility index (Phi) is 10.7. The molecule has 0 radical (unpaired) electrons. The number of sulfonamides is 1. The fourth-order valence-electron chi connectivity index (χ4n) is 4.66. The summed E-state index contributed by atoms with van der Waals surface area (Å²) in [6.45, 7) is 0.725. The Morgan fingerprint density at radius 2 is 1.74 bits per heavy atom. The normalized spacial score (nSPS) is 14.9. The zero-order chi connectivity index (χ0) is 30.1. The molecule has 1 heterocycles. The summed E-state index contributed by atoms with van der Waals surface area (Å²) in [7, 11) is -3.91. The van der Waals surface area contributed by atoms with E-state index >= 15 is 0 Å². The Balaban J connectivity index is 1.45. The average molecular weight is 629 g/mol. The van der Waals surface area contributed by atoms with Crippen LogP contribution in [0.15, 0.2) is 83.8 Å². The second kappa shape index (κ2) is 14.4. The molecule has 1 saturated heterocycles. The number of likely N-dealkylation sites (tertiary alicyclic amines) is 1. The van der Waals surface area contributed by atoms with Crippen LogP contribution in [-0.4, -0.2) is 60.4 Å². The van der Waals surface area contributed by atoms with E-state index in [1.54, 1.807) is 4.90 Å². The summed E-state index contributed by atoms with van der Waals surface area (Å²) in [5.41, 5.74) is 7.00. The lowest BCUT2D eigenvalue weighted by atomic mass is 9.98. The molecule has 1 amide bonds. The van der Waals surface area contributed by atoms with Crippen molar-refractivity contribution in [3.05, 3.63) is 100 Å². The molecule has 0 aliphatic carbocycles. The lowest BCUT2D eigenvalue weighted by molar-refractivity contribution is -0.384. The van der Waals surface area contributed by atoms with E-state index < -0.39 is 26.7 Å². The maximum atomic E-state index is 13.5. The number of nitrogens with one attached hydrogen (secondary N) is 4. The Morgan fingerprint density at radius 1 is 1.10 bits per heavy atom. The monoisotopic (exact) mass is 628 g/mol. The molecule has 1 aliphatic rings. The van der Waals surface area contributed by atoms with Gasteiger partial charge in [0, 0.05) is 24.9 Å². The van der Waals surface area contributed by atoms with E-state index in [1.165, 1.54) is 23.9 Å². The highest BCUT2D eigenvalue weighted by atomic mass is 32.2. The number of hydrazine groups is 1. The zero-order valence-corrected chi connectivity index (χ0v) is 25.3. The Morgan fingerprint density at radius 3 is 2.33 bits per heavy atom. The van der Waals surface area contributed by atoms with Gasteiger partial charge >= 0.3 is 0 Å². The van der Waals surface area contributed by atoms with E-state index in [1.807, 2.05) is 66.9 Å². The van der Waals surface area contributed by atoms with Crippen LogP contribution in [0.5, 0.6) is 0 Å². The molecule has 0 spiro atoms. The molecule has 0 aromatic heterocycles. The third-order valence-corrected chi connectivity index (χ3v) is 9.15. The number of thioether (sulfide) groups is 1. The molecule has 1 aliphatic heterocycles. The fourth-order valence-corrected chi connectivity index (χ4v) is 6.42. The number of hydrogen-bond donors (Lipinski definition) is 4. The maximum absolute atomic E-state index is 13.5. The van der Waals surface area contributed by atoms with E-state index in [4.69, 9.17) is 12.2 Å². The number of anilines is 1. The molecule has 1 atom stereocenters. The lowest BCUT2D eigenvalue weighted by Crippen LogP contribution is -2.51. The third-order valence-electron chi connectivity index (χ3n) is 6.75. The van der Waals surface area contributed by atoms with Crippen molar-refractivity contribution in [3.8, 4) is 0 Å². The maximum Gasteiger partial charge on any atom is 0.295 e. The number of rotatable bonds is 12. The fraction of sp³-hybridized carbons (Fsp3) is 0.286. The highest BCUT2D eigenvalue weighted by molar-refractivity contribution is 7.98.